The minimum Gasteiger partial charge on any atom is -0.274 e. The number of hydroxylamine groups is 2. The monoisotopic (exact) mass is 297 g/mol. The number of aromatic nitrogens is 2. The molecule has 1 aromatic carbocycles. The summed E-state index contributed by atoms with van der Waals surface area (Å²) in [7, 11) is 4.81. The number of nitrogens with zero attached hydrogens (tertiary/aromatic N) is 3. The van der Waals surface area contributed by atoms with Gasteiger partial charge in [0.15, 0.2) is 5.69 Å². The molecule has 0 saturated heterocycles. The van der Waals surface area contributed by atoms with Gasteiger partial charge in [-0.3, -0.25) is 14.3 Å². The molecule has 0 radical (unpaired) electrons. The summed E-state index contributed by atoms with van der Waals surface area (Å²) in [6, 6.07) is 5.70. The van der Waals surface area contributed by atoms with Crippen molar-refractivity contribution in [3.8, 4) is 0 Å². The van der Waals surface area contributed by atoms with Crippen LogP contribution in [0.4, 0.5) is 0 Å². The summed E-state index contributed by atoms with van der Waals surface area (Å²) in [6.07, 6.45) is 0. The molecule has 2 rings (SSSR count). The molecule has 6 heteroatoms. The number of carbonyl (C=O) groups is 1. The number of amides is 1. The first-order valence-corrected chi connectivity index (χ1v) is 5.78. The molecule has 0 spiro atoms. The smallest absolute Gasteiger partial charge is 0.274 e. The van der Waals surface area contributed by atoms with Crippen LogP contribution in [0, 0.1) is 0 Å². The molecule has 2 aromatic rings. The Morgan fingerprint density at radius 3 is 2.88 bits per heavy atom. The number of hydrogen-bond acceptors (Lipinski definition) is 3. The third-order valence-electron chi connectivity index (χ3n) is 2.57. The van der Waals surface area contributed by atoms with Crippen LogP contribution in [0.25, 0.3) is 10.9 Å². The number of carbonyl (C=O) groups excluding carboxylic acids is 1. The van der Waals surface area contributed by atoms with E-state index in [4.69, 9.17) is 4.84 Å². The van der Waals surface area contributed by atoms with Gasteiger partial charge in [0.1, 0.15) is 0 Å². The molecule has 0 aliphatic rings. The van der Waals surface area contributed by atoms with Crippen LogP contribution in [0.3, 0.4) is 0 Å². The maximum atomic E-state index is 12.0. The lowest BCUT2D eigenvalue weighted by atomic mass is 10.2. The highest BCUT2D eigenvalue weighted by Crippen LogP contribution is 2.23. The topological polar surface area (TPSA) is 47.4 Å². The fourth-order valence-electron chi connectivity index (χ4n) is 1.63. The number of benzene rings is 1. The predicted molar refractivity (Wildman–Crippen MR) is 67.5 cm³/mol. The Kier molecular flexibility index (Phi) is 3.17. The van der Waals surface area contributed by atoms with Crippen LogP contribution >= 0.6 is 15.9 Å². The second-order valence-corrected chi connectivity index (χ2v) is 4.53. The lowest BCUT2D eigenvalue weighted by Gasteiger charge is -2.11. The van der Waals surface area contributed by atoms with Crippen molar-refractivity contribution in [3.05, 3.63) is 28.4 Å². The fourth-order valence-corrected chi connectivity index (χ4v) is 1.99. The largest absolute Gasteiger partial charge is 0.298 e. The minimum absolute atomic E-state index is 0.267. The van der Waals surface area contributed by atoms with Gasteiger partial charge in [0.25, 0.3) is 5.91 Å². The average Bonchev–Trinajstić information content (AvgIpc) is 2.64. The Labute approximate surface area is 107 Å². The first kappa shape index (κ1) is 12.1. The van der Waals surface area contributed by atoms with E-state index in [2.05, 4.69) is 21.0 Å². The standard InChI is InChI=1S/C11H12BrN3O2/c1-14-9-5-4-7(12)6-8(9)10(13-14)11(16)15(2)17-3/h4-6H,1-3H3. The van der Waals surface area contributed by atoms with E-state index in [1.165, 1.54) is 7.11 Å². The Balaban J connectivity index is 2.62. The van der Waals surface area contributed by atoms with E-state index in [-0.39, 0.29) is 5.91 Å². The van der Waals surface area contributed by atoms with E-state index in [1.807, 2.05) is 18.2 Å². The van der Waals surface area contributed by atoms with Gasteiger partial charge >= 0.3 is 0 Å². The Morgan fingerprint density at radius 2 is 2.24 bits per heavy atom. The molecule has 0 atom stereocenters. The molecule has 0 saturated carbocycles. The van der Waals surface area contributed by atoms with Gasteiger partial charge in [-0.05, 0) is 18.2 Å². The summed E-state index contributed by atoms with van der Waals surface area (Å²) >= 11 is 3.39. The van der Waals surface area contributed by atoms with Gasteiger partial charge in [-0.15, -0.1) is 0 Å². The van der Waals surface area contributed by atoms with Crippen molar-refractivity contribution >= 4 is 32.7 Å². The molecular formula is C11H12BrN3O2. The van der Waals surface area contributed by atoms with Crippen LogP contribution in [0.5, 0.6) is 0 Å². The molecule has 0 unspecified atom stereocenters. The molecule has 0 bridgehead atoms. The molecule has 1 amide bonds. The van der Waals surface area contributed by atoms with Crippen LogP contribution in [-0.2, 0) is 11.9 Å². The van der Waals surface area contributed by atoms with E-state index < -0.39 is 0 Å². The van der Waals surface area contributed by atoms with Crippen molar-refractivity contribution in [2.45, 2.75) is 0 Å². The molecule has 1 heterocycles. The van der Waals surface area contributed by atoms with Crippen LogP contribution in [0.1, 0.15) is 10.5 Å². The summed E-state index contributed by atoms with van der Waals surface area (Å²) < 4.78 is 2.59. The normalized spacial score (nSPS) is 10.8. The third kappa shape index (κ3) is 2.05. The van der Waals surface area contributed by atoms with Crippen LogP contribution < -0.4 is 0 Å². The van der Waals surface area contributed by atoms with Gasteiger partial charge < -0.3 is 0 Å². The highest BCUT2D eigenvalue weighted by molar-refractivity contribution is 9.10. The summed E-state index contributed by atoms with van der Waals surface area (Å²) in [5.41, 5.74) is 1.29. The van der Waals surface area contributed by atoms with E-state index in [9.17, 15) is 4.79 Å². The number of halogens is 1. The highest BCUT2D eigenvalue weighted by atomic mass is 79.9. The number of fused-ring (bicyclic) bond motifs is 1. The molecule has 1 aromatic heterocycles. The highest BCUT2D eigenvalue weighted by Gasteiger charge is 2.19. The van der Waals surface area contributed by atoms with Gasteiger partial charge in [-0.25, -0.2) is 5.06 Å². The lowest BCUT2D eigenvalue weighted by Crippen LogP contribution is -2.26. The average molecular weight is 298 g/mol. The van der Waals surface area contributed by atoms with Gasteiger partial charge in [0, 0.05) is 24.0 Å². The maximum Gasteiger partial charge on any atom is 0.298 e. The number of rotatable bonds is 2. The molecule has 0 aliphatic heterocycles. The van der Waals surface area contributed by atoms with E-state index in [1.54, 1.807) is 18.8 Å². The first-order chi connectivity index (χ1) is 8.04. The van der Waals surface area contributed by atoms with E-state index >= 15 is 0 Å². The van der Waals surface area contributed by atoms with Crippen molar-refractivity contribution in [2.24, 2.45) is 7.05 Å². The zero-order valence-corrected chi connectivity index (χ0v) is 11.4. The van der Waals surface area contributed by atoms with Crippen LogP contribution in [0.2, 0.25) is 0 Å². The number of aryl methyl sites for hydroxylation is 1. The summed E-state index contributed by atoms with van der Waals surface area (Å²) in [5, 5.41) is 6.18. The lowest BCUT2D eigenvalue weighted by molar-refractivity contribution is -0.0759. The van der Waals surface area contributed by atoms with Crippen molar-refractivity contribution in [1.29, 1.82) is 0 Å². The minimum atomic E-state index is -0.267. The van der Waals surface area contributed by atoms with Crippen LogP contribution in [0.15, 0.2) is 22.7 Å². The summed E-state index contributed by atoms with van der Waals surface area (Å²) in [6.45, 7) is 0. The molecular weight excluding hydrogens is 286 g/mol. The molecule has 0 fully saturated rings. The summed E-state index contributed by atoms with van der Waals surface area (Å²) in [4.78, 5) is 16.9. The van der Waals surface area contributed by atoms with Crippen molar-refractivity contribution in [2.75, 3.05) is 14.2 Å². The van der Waals surface area contributed by atoms with Gasteiger partial charge in [0.2, 0.25) is 0 Å². The SMILES string of the molecule is CON(C)C(=O)c1nn(C)c2ccc(Br)cc12. The second kappa shape index (κ2) is 4.46. The molecule has 0 aliphatic carbocycles. The first-order valence-electron chi connectivity index (χ1n) is 4.99. The van der Waals surface area contributed by atoms with E-state index in [0.717, 1.165) is 20.4 Å². The molecule has 17 heavy (non-hydrogen) atoms. The zero-order valence-electron chi connectivity index (χ0n) is 9.77. The van der Waals surface area contributed by atoms with Crippen LogP contribution in [-0.4, -0.2) is 34.9 Å². The predicted octanol–water partition coefficient (Wildman–Crippen LogP) is 1.97. The Bertz CT molecular complexity index is 579. The Morgan fingerprint density at radius 1 is 1.53 bits per heavy atom. The van der Waals surface area contributed by atoms with Crippen molar-refractivity contribution < 1.29 is 9.63 Å². The molecule has 5 nitrogen and oxygen atoms in total. The van der Waals surface area contributed by atoms with Crippen molar-refractivity contribution in [1.82, 2.24) is 14.8 Å². The van der Waals surface area contributed by atoms with Gasteiger partial charge in [0.05, 0.1) is 12.6 Å². The van der Waals surface area contributed by atoms with Gasteiger partial charge in [-0.1, -0.05) is 15.9 Å². The fraction of sp³-hybridized carbons (Fsp3) is 0.273. The molecule has 0 N–H and O–H groups in total. The maximum absolute atomic E-state index is 12.0. The third-order valence-corrected chi connectivity index (χ3v) is 3.07. The van der Waals surface area contributed by atoms with E-state index in [0.29, 0.717) is 5.69 Å². The second-order valence-electron chi connectivity index (χ2n) is 3.62. The van der Waals surface area contributed by atoms with Gasteiger partial charge in [-0.2, -0.15) is 5.10 Å². The Hall–Kier alpha value is -1.40. The zero-order chi connectivity index (χ0) is 12.6. The summed E-state index contributed by atoms with van der Waals surface area (Å²) in [5.74, 6) is -0.267. The molecule has 90 valence electrons. The van der Waals surface area contributed by atoms with Crippen molar-refractivity contribution in [3.63, 3.8) is 0 Å². The quantitative estimate of drug-likeness (QED) is 0.796. The number of hydrogen-bond donors (Lipinski definition) is 0.